The van der Waals surface area contributed by atoms with Crippen molar-refractivity contribution in [1.29, 1.82) is 0 Å². The van der Waals surface area contributed by atoms with E-state index in [1.165, 1.54) is 0 Å². The summed E-state index contributed by atoms with van der Waals surface area (Å²) in [5.74, 6) is 0.325. The van der Waals surface area contributed by atoms with Gasteiger partial charge in [-0.25, -0.2) is 4.79 Å². The molecule has 2 rings (SSSR count). The molecule has 1 N–H and O–H groups in total. The van der Waals surface area contributed by atoms with Crippen molar-refractivity contribution in [2.45, 2.75) is 25.3 Å². The molecule has 0 radical (unpaired) electrons. The van der Waals surface area contributed by atoms with Gasteiger partial charge in [0.1, 0.15) is 5.54 Å². The van der Waals surface area contributed by atoms with Gasteiger partial charge in [0.15, 0.2) is 0 Å². The lowest BCUT2D eigenvalue weighted by molar-refractivity contribution is -0.153. The topological polar surface area (TPSA) is 50.8 Å². The van der Waals surface area contributed by atoms with E-state index in [-0.39, 0.29) is 5.97 Å². The molecule has 5 nitrogen and oxygen atoms in total. The van der Waals surface area contributed by atoms with Crippen molar-refractivity contribution in [3.63, 3.8) is 0 Å². The predicted octanol–water partition coefficient (Wildman–Crippen LogP) is 0.250. The third kappa shape index (κ3) is 2.84. The zero-order valence-corrected chi connectivity index (χ0v) is 11.4. The van der Waals surface area contributed by atoms with E-state index >= 15 is 0 Å². The summed E-state index contributed by atoms with van der Waals surface area (Å²) in [5, 5.41) is 3.25. The molecule has 18 heavy (non-hydrogen) atoms. The maximum atomic E-state index is 12.3. The molecule has 0 bridgehead atoms. The molecule has 0 aromatic carbocycles. The van der Waals surface area contributed by atoms with Crippen LogP contribution in [0.15, 0.2) is 0 Å². The number of ether oxygens (including phenoxy) is 2. The van der Waals surface area contributed by atoms with Crippen LogP contribution in [-0.4, -0.2) is 62.9 Å². The molecular weight excluding hydrogens is 232 g/mol. The molecule has 1 aliphatic carbocycles. The summed E-state index contributed by atoms with van der Waals surface area (Å²) >= 11 is 0. The van der Waals surface area contributed by atoms with Crippen LogP contribution < -0.4 is 5.32 Å². The van der Waals surface area contributed by atoms with Gasteiger partial charge in [-0.15, -0.1) is 0 Å². The normalized spacial score (nSPS) is 24.6. The molecule has 1 atom stereocenters. The minimum Gasteiger partial charge on any atom is -0.465 e. The average Bonchev–Trinajstić information content (AvgIpc) is 3.22. The Kier molecular flexibility index (Phi) is 4.59. The Hall–Kier alpha value is -0.650. The van der Waals surface area contributed by atoms with E-state index in [1.54, 1.807) is 0 Å². The zero-order valence-electron chi connectivity index (χ0n) is 11.4. The maximum absolute atomic E-state index is 12.3. The first-order valence-electron chi connectivity index (χ1n) is 6.89. The van der Waals surface area contributed by atoms with Crippen LogP contribution in [0.5, 0.6) is 0 Å². The molecule has 1 saturated carbocycles. The number of carbonyl (C=O) groups is 1. The van der Waals surface area contributed by atoms with Crippen LogP contribution in [0.25, 0.3) is 0 Å². The number of likely N-dealkylation sites (N-methyl/N-ethyl adjacent to an activating group) is 1. The molecule has 1 unspecified atom stereocenters. The van der Waals surface area contributed by atoms with E-state index in [0.29, 0.717) is 12.5 Å². The molecule has 1 saturated heterocycles. The van der Waals surface area contributed by atoms with Crippen molar-refractivity contribution in [2.24, 2.45) is 5.92 Å². The van der Waals surface area contributed by atoms with E-state index in [1.807, 2.05) is 14.0 Å². The van der Waals surface area contributed by atoms with Gasteiger partial charge in [-0.2, -0.15) is 0 Å². The third-order valence-electron chi connectivity index (χ3n) is 3.94. The standard InChI is InChI=1S/C13H24N2O3/c1-3-18-12(16)13(14-2,11-4-5-11)10-15-6-8-17-9-7-15/h11,14H,3-10H2,1-2H3. The van der Waals surface area contributed by atoms with Crippen molar-refractivity contribution in [1.82, 2.24) is 10.2 Å². The van der Waals surface area contributed by atoms with E-state index in [9.17, 15) is 4.79 Å². The fourth-order valence-electron chi connectivity index (χ4n) is 2.69. The Morgan fingerprint density at radius 2 is 2.11 bits per heavy atom. The Bertz CT molecular complexity index is 288. The van der Waals surface area contributed by atoms with E-state index in [2.05, 4.69) is 10.2 Å². The van der Waals surface area contributed by atoms with Gasteiger partial charge < -0.3 is 14.8 Å². The van der Waals surface area contributed by atoms with Crippen LogP contribution >= 0.6 is 0 Å². The maximum Gasteiger partial charge on any atom is 0.327 e. The second-order valence-corrected chi connectivity index (χ2v) is 5.10. The number of carbonyl (C=O) groups excluding carboxylic acids is 1. The highest BCUT2D eigenvalue weighted by Crippen LogP contribution is 2.41. The molecule has 0 amide bonds. The summed E-state index contributed by atoms with van der Waals surface area (Å²) < 4.78 is 10.6. The van der Waals surface area contributed by atoms with Crippen LogP contribution in [-0.2, 0) is 14.3 Å². The summed E-state index contributed by atoms with van der Waals surface area (Å²) in [5.41, 5.74) is -0.520. The first-order valence-corrected chi connectivity index (χ1v) is 6.89. The predicted molar refractivity (Wildman–Crippen MR) is 68.4 cm³/mol. The second kappa shape index (κ2) is 5.99. The summed E-state index contributed by atoms with van der Waals surface area (Å²) in [6, 6.07) is 0. The van der Waals surface area contributed by atoms with E-state index in [0.717, 1.165) is 45.7 Å². The number of nitrogens with one attached hydrogen (secondary N) is 1. The smallest absolute Gasteiger partial charge is 0.327 e. The highest BCUT2D eigenvalue weighted by Gasteiger charge is 2.52. The summed E-state index contributed by atoms with van der Waals surface area (Å²) in [6.45, 7) is 6.35. The highest BCUT2D eigenvalue weighted by molar-refractivity contribution is 5.82. The fraction of sp³-hybridized carbons (Fsp3) is 0.923. The van der Waals surface area contributed by atoms with Gasteiger partial charge in [-0.05, 0) is 32.7 Å². The van der Waals surface area contributed by atoms with Crippen molar-refractivity contribution in [3.8, 4) is 0 Å². The largest absolute Gasteiger partial charge is 0.465 e. The molecular formula is C13H24N2O3. The van der Waals surface area contributed by atoms with Crippen molar-refractivity contribution < 1.29 is 14.3 Å². The Morgan fingerprint density at radius 3 is 2.61 bits per heavy atom. The molecule has 1 heterocycles. The highest BCUT2D eigenvalue weighted by atomic mass is 16.5. The minimum absolute atomic E-state index is 0.0958. The Morgan fingerprint density at radius 1 is 1.44 bits per heavy atom. The number of nitrogens with zero attached hydrogens (tertiary/aromatic N) is 1. The van der Waals surface area contributed by atoms with Crippen LogP contribution in [0, 0.1) is 5.92 Å². The van der Waals surface area contributed by atoms with Gasteiger partial charge in [-0.3, -0.25) is 4.90 Å². The fourth-order valence-corrected chi connectivity index (χ4v) is 2.69. The van der Waals surface area contributed by atoms with E-state index in [4.69, 9.17) is 9.47 Å². The van der Waals surface area contributed by atoms with Gasteiger partial charge in [0, 0.05) is 19.6 Å². The SMILES string of the molecule is CCOC(=O)C(CN1CCOCC1)(NC)C1CC1. The molecule has 2 aliphatic rings. The number of hydrogen-bond donors (Lipinski definition) is 1. The molecule has 0 aromatic heterocycles. The van der Waals surface area contributed by atoms with Crippen LogP contribution in [0.4, 0.5) is 0 Å². The summed E-state index contributed by atoms with van der Waals surface area (Å²) in [7, 11) is 1.87. The quantitative estimate of drug-likeness (QED) is 0.690. The third-order valence-corrected chi connectivity index (χ3v) is 3.94. The zero-order chi connectivity index (χ0) is 13.0. The molecule has 5 heteroatoms. The Labute approximate surface area is 109 Å². The van der Waals surface area contributed by atoms with Crippen LogP contribution in [0.3, 0.4) is 0 Å². The van der Waals surface area contributed by atoms with Crippen LogP contribution in [0.2, 0.25) is 0 Å². The first-order chi connectivity index (χ1) is 8.73. The lowest BCUT2D eigenvalue weighted by Gasteiger charge is -2.38. The van der Waals surface area contributed by atoms with E-state index < -0.39 is 5.54 Å². The van der Waals surface area contributed by atoms with Gasteiger partial charge in [0.25, 0.3) is 0 Å². The second-order valence-electron chi connectivity index (χ2n) is 5.10. The minimum atomic E-state index is -0.520. The first kappa shape index (κ1) is 13.8. The molecule has 0 spiro atoms. The lowest BCUT2D eigenvalue weighted by atomic mass is 9.92. The van der Waals surface area contributed by atoms with Crippen LogP contribution in [0.1, 0.15) is 19.8 Å². The molecule has 1 aliphatic heterocycles. The van der Waals surface area contributed by atoms with Crippen molar-refractivity contribution in [2.75, 3.05) is 46.5 Å². The average molecular weight is 256 g/mol. The van der Waals surface area contributed by atoms with Crippen molar-refractivity contribution >= 4 is 5.97 Å². The van der Waals surface area contributed by atoms with Gasteiger partial charge in [0.2, 0.25) is 0 Å². The monoisotopic (exact) mass is 256 g/mol. The number of morpholine rings is 1. The van der Waals surface area contributed by atoms with Crippen molar-refractivity contribution in [3.05, 3.63) is 0 Å². The number of rotatable bonds is 6. The number of hydrogen-bond acceptors (Lipinski definition) is 5. The molecule has 2 fully saturated rings. The lowest BCUT2D eigenvalue weighted by Crippen LogP contribution is -2.61. The number of esters is 1. The molecule has 0 aromatic rings. The molecule has 104 valence electrons. The van der Waals surface area contributed by atoms with Gasteiger partial charge in [0.05, 0.1) is 19.8 Å². The Balaban J connectivity index is 2.05. The summed E-state index contributed by atoms with van der Waals surface area (Å²) in [6.07, 6.45) is 2.23. The van der Waals surface area contributed by atoms with Gasteiger partial charge in [-0.1, -0.05) is 0 Å². The summed E-state index contributed by atoms with van der Waals surface area (Å²) in [4.78, 5) is 14.6. The van der Waals surface area contributed by atoms with Gasteiger partial charge >= 0.3 is 5.97 Å².